The monoisotopic (exact) mass is 345 g/mol. The number of carbonyl (C=O) groups excluding carboxylic acids is 1. The summed E-state index contributed by atoms with van der Waals surface area (Å²) in [6, 6.07) is 1.62. The number of aryl methyl sites for hydroxylation is 2. The van der Waals surface area contributed by atoms with Gasteiger partial charge in [0.15, 0.2) is 10.2 Å². The van der Waals surface area contributed by atoms with Crippen molar-refractivity contribution < 1.29 is 4.79 Å². The molecule has 0 amide bonds. The molecule has 2 heterocycles. The summed E-state index contributed by atoms with van der Waals surface area (Å²) in [6.45, 7) is 3.77. The molecule has 0 saturated heterocycles. The Morgan fingerprint density at radius 1 is 1.50 bits per heavy atom. The van der Waals surface area contributed by atoms with E-state index < -0.39 is 0 Å². The molecule has 0 saturated carbocycles. The summed E-state index contributed by atoms with van der Waals surface area (Å²) in [7, 11) is 0. The highest BCUT2D eigenvalue weighted by atomic mass is 79.9. The molecule has 4 nitrogen and oxygen atoms in total. The van der Waals surface area contributed by atoms with Crippen molar-refractivity contribution in [1.82, 2.24) is 15.2 Å². The van der Waals surface area contributed by atoms with E-state index in [0.29, 0.717) is 10.2 Å². The zero-order valence-corrected chi connectivity index (χ0v) is 12.9. The van der Waals surface area contributed by atoms with E-state index in [4.69, 9.17) is 11.6 Å². The number of nitrogens with zero attached hydrogens (tertiary/aromatic N) is 3. The Morgan fingerprint density at radius 2 is 2.22 bits per heavy atom. The minimum Gasteiger partial charge on any atom is -0.284 e. The van der Waals surface area contributed by atoms with Crippen molar-refractivity contribution in [2.75, 3.05) is 0 Å². The number of carbonyl (C=O) groups is 1. The minimum atomic E-state index is -0.229. The molecule has 2 aromatic rings. The highest BCUT2D eigenvalue weighted by Crippen LogP contribution is 2.26. The molecule has 0 atom stereocenters. The molecule has 0 aliphatic rings. The van der Waals surface area contributed by atoms with Gasteiger partial charge in [0, 0.05) is 0 Å². The Hall–Kier alpha value is -0.850. The van der Waals surface area contributed by atoms with E-state index >= 15 is 0 Å². The number of hydrogen-bond donors (Lipinski definition) is 0. The normalized spacial score (nSPS) is 10.7. The highest BCUT2D eigenvalue weighted by molar-refractivity contribution is 9.11. The van der Waals surface area contributed by atoms with Crippen LogP contribution in [0, 0.1) is 6.92 Å². The molecule has 0 aliphatic heterocycles. The fourth-order valence-electron chi connectivity index (χ4n) is 1.34. The first-order chi connectivity index (χ1) is 8.52. The Bertz CT molecular complexity index is 614. The van der Waals surface area contributed by atoms with E-state index in [-0.39, 0.29) is 11.5 Å². The third-order valence-corrected chi connectivity index (χ3v) is 4.54. The molecule has 0 spiro atoms. The van der Waals surface area contributed by atoms with Gasteiger partial charge in [-0.3, -0.25) is 4.79 Å². The third kappa shape index (κ3) is 2.60. The Labute approximate surface area is 122 Å². The third-order valence-electron chi connectivity index (χ3n) is 2.34. The second kappa shape index (κ2) is 5.42. The van der Waals surface area contributed by atoms with Crippen molar-refractivity contribution in [2.45, 2.75) is 20.3 Å². The van der Waals surface area contributed by atoms with E-state index in [1.54, 1.807) is 13.0 Å². The van der Waals surface area contributed by atoms with Crippen LogP contribution in [-0.2, 0) is 6.42 Å². The smallest absolute Gasteiger partial charge is 0.241 e. The van der Waals surface area contributed by atoms with Gasteiger partial charge in [0.1, 0.15) is 5.69 Å². The number of aromatic nitrogens is 3. The number of rotatable bonds is 3. The maximum absolute atomic E-state index is 12.2. The van der Waals surface area contributed by atoms with Gasteiger partial charge >= 0.3 is 0 Å². The van der Waals surface area contributed by atoms with Crippen LogP contribution in [0.5, 0.6) is 0 Å². The van der Waals surface area contributed by atoms with Crippen LogP contribution in [0.3, 0.4) is 0 Å². The number of thiazole rings is 1. The average molecular weight is 347 g/mol. The Balaban J connectivity index is 2.38. The molecular weight excluding hydrogens is 338 g/mol. The second-order valence-corrected chi connectivity index (χ2v) is 6.30. The molecule has 0 N–H and O–H groups in total. The summed E-state index contributed by atoms with van der Waals surface area (Å²) in [4.78, 5) is 16.5. The fourth-order valence-corrected chi connectivity index (χ4v) is 3.09. The summed E-state index contributed by atoms with van der Waals surface area (Å²) in [5.41, 5.74) is 1.86. The SMILES string of the molecule is CCc1nc(C(=O)c2cc(C)c(Cl)nn2)sc1Br. The maximum Gasteiger partial charge on any atom is 0.241 e. The van der Waals surface area contributed by atoms with Crippen LogP contribution in [0.4, 0.5) is 0 Å². The molecule has 0 fully saturated rings. The van der Waals surface area contributed by atoms with E-state index in [9.17, 15) is 4.79 Å². The lowest BCUT2D eigenvalue weighted by Crippen LogP contribution is -2.06. The van der Waals surface area contributed by atoms with Crippen LogP contribution in [-0.4, -0.2) is 21.0 Å². The zero-order chi connectivity index (χ0) is 13.3. The first-order valence-corrected chi connectivity index (χ1v) is 7.21. The summed E-state index contributed by atoms with van der Waals surface area (Å²) in [5, 5.41) is 8.25. The standard InChI is InChI=1S/C11H9BrClN3OS/c1-3-6-9(12)18-11(14-6)8(17)7-4-5(2)10(13)16-15-7/h4H,3H2,1-2H3. The fraction of sp³-hybridized carbons (Fsp3) is 0.273. The molecule has 2 rings (SSSR count). The molecule has 0 aliphatic carbocycles. The van der Waals surface area contributed by atoms with Crippen LogP contribution in [0.25, 0.3) is 0 Å². The van der Waals surface area contributed by atoms with Crippen LogP contribution < -0.4 is 0 Å². The quantitative estimate of drug-likeness (QED) is 0.799. The van der Waals surface area contributed by atoms with Gasteiger partial charge in [-0.2, -0.15) is 0 Å². The van der Waals surface area contributed by atoms with Gasteiger partial charge in [0.25, 0.3) is 0 Å². The van der Waals surface area contributed by atoms with E-state index in [1.807, 2.05) is 6.92 Å². The molecule has 0 bridgehead atoms. The zero-order valence-electron chi connectivity index (χ0n) is 9.70. The molecule has 94 valence electrons. The van der Waals surface area contributed by atoms with Crippen LogP contribution in [0.15, 0.2) is 9.85 Å². The molecule has 18 heavy (non-hydrogen) atoms. The first kappa shape index (κ1) is 13.6. The molecule has 0 radical (unpaired) electrons. The van der Waals surface area contributed by atoms with Crippen LogP contribution >= 0.6 is 38.9 Å². The number of hydrogen-bond acceptors (Lipinski definition) is 5. The Kier molecular flexibility index (Phi) is 4.09. The molecule has 0 aromatic carbocycles. The van der Waals surface area contributed by atoms with Crippen molar-refractivity contribution in [2.24, 2.45) is 0 Å². The number of halogens is 2. The van der Waals surface area contributed by atoms with Crippen molar-refractivity contribution in [3.63, 3.8) is 0 Å². The Morgan fingerprint density at radius 3 is 2.78 bits per heavy atom. The van der Waals surface area contributed by atoms with Gasteiger partial charge in [-0.1, -0.05) is 18.5 Å². The highest BCUT2D eigenvalue weighted by Gasteiger charge is 2.18. The maximum atomic E-state index is 12.2. The first-order valence-electron chi connectivity index (χ1n) is 5.22. The largest absolute Gasteiger partial charge is 0.284 e. The lowest BCUT2D eigenvalue weighted by Gasteiger charge is -1.98. The van der Waals surface area contributed by atoms with Crippen molar-refractivity contribution in [3.8, 4) is 0 Å². The van der Waals surface area contributed by atoms with Gasteiger partial charge in [-0.15, -0.1) is 21.5 Å². The second-order valence-electron chi connectivity index (χ2n) is 3.63. The molecule has 0 unspecified atom stereocenters. The summed E-state index contributed by atoms with van der Waals surface area (Å²) in [5.74, 6) is -0.229. The van der Waals surface area contributed by atoms with Crippen LogP contribution in [0.2, 0.25) is 5.15 Å². The van der Waals surface area contributed by atoms with Gasteiger partial charge in [0.2, 0.25) is 5.78 Å². The van der Waals surface area contributed by atoms with Gasteiger partial charge in [-0.05, 0) is 40.9 Å². The number of ketones is 1. The van der Waals surface area contributed by atoms with E-state index in [0.717, 1.165) is 21.5 Å². The van der Waals surface area contributed by atoms with Crippen molar-refractivity contribution in [1.29, 1.82) is 0 Å². The van der Waals surface area contributed by atoms with E-state index in [1.165, 1.54) is 11.3 Å². The molecule has 2 aromatic heterocycles. The average Bonchev–Trinajstić information content (AvgIpc) is 2.73. The van der Waals surface area contributed by atoms with Crippen LogP contribution in [0.1, 0.15) is 33.7 Å². The van der Waals surface area contributed by atoms with Gasteiger partial charge < -0.3 is 0 Å². The lowest BCUT2D eigenvalue weighted by atomic mass is 10.2. The van der Waals surface area contributed by atoms with Gasteiger partial charge in [-0.25, -0.2) is 4.98 Å². The predicted octanol–water partition coefficient (Wildman–Crippen LogP) is 3.45. The van der Waals surface area contributed by atoms with Crippen molar-refractivity contribution in [3.05, 3.63) is 37.0 Å². The lowest BCUT2D eigenvalue weighted by molar-refractivity contribution is 0.103. The van der Waals surface area contributed by atoms with E-state index in [2.05, 4.69) is 31.1 Å². The molecular formula is C11H9BrClN3OS. The topological polar surface area (TPSA) is 55.7 Å². The summed E-state index contributed by atoms with van der Waals surface area (Å²) >= 11 is 10.5. The minimum absolute atomic E-state index is 0.229. The predicted molar refractivity (Wildman–Crippen MR) is 74.4 cm³/mol. The summed E-state index contributed by atoms with van der Waals surface area (Å²) in [6.07, 6.45) is 0.773. The van der Waals surface area contributed by atoms with Crippen molar-refractivity contribution >= 4 is 44.7 Å². The molecule has 7 heteroatoms. The van der Waals surface area contributed by atoms with Gasteiger partial charge in [0.05, 0.1) is 9.48 Å². The summed E-state index contributed by atoms with van der Waals surface area (Å²) < 4.78 is 0.881.